The SMILES string of the molecule is Cc1cc(OCc2c(C(C)C)cnn2-c2ccccc2OC(F)(F)F)ccc1-c1nc(C)c(C(=O)O)s1. The Kier molecular flexibility index (Phi) is 7.26. The normalized spacial score (nSPS) is 11.7. The minimum absolute atomic E-state index is 0.0451. The monoisotopic (exact) mass is 531 g/mol. The van der Waals surface area contributed by atoms with Crippen molar-refractivity contribution in [2.45, 2.75) is 46.6 Å². The number of carboxylic acid groups (broad SMARTS) is 1. The first-order valence-electron chi connectivity index (χ1n) is 11.3. The standard InChI is InChI=1S/C26H24F3N3O4S/c1-14(2)19-12-30-32(20-7-5-6-8-22(20)36-26(27,28)29)21(19)13-35-17-9-10-18(15(3)11-17)24-31-16(4)23(37-24)25(33)34/h5-12,14H,13H2,1-4H3,(H,33,34). The van der Waals surface area contributed by atoms with Crippen molar-refractivity contribution >= 4 is 17.3 Å². The van der Waals surface area contributed by atoms with Gasteiger partial charge in [0.15, 0.2) is 5.75 Å². The van der Waals surface area contributed by atoms with E-state index in [0.717, 1.165) is 28.0 Å². The van der Waals surface area contributed by atoms with Crippen molar-refractivity contribution < 1.29 is 32.5 Å². The van der Waals surface area contributed by atoms with Crippen molar-refractivity contribution in [3.05, 3.63) is 76.1 Å². The number of nitrogens with zero attached hydrogens (tertiary/aromatic N) is 3. The van der Waals surface area contributed by atoms with Gasteiger partial charge in [-0.15, -0.1) is 24.5 Å². The number of carbonyl (C=O) groups is 1. The van der Waals surface area contributed by atoms with E-state index in [2.05, 4.69) is 14.8 Å². The summed E-state index contributed by atoms with van der Waals surface area (Å²) in [5, 5.41) is 14.3. The van der Waals surface area contributed by atoms with Gasteiger partial charge in [0.25, 0.3) is 0 Å². The zero-order chi connectivity index (χ0) is 26.9. The fraction of sp³-hybridized carbons (Fsp3) is 0.269. The van der Waals surface area contributed by atoms with Crippen LogP contribution in [0.25, 0.3) is 16.3 Å². The van der Waals surface area contributed by atoms with Gasteiger partial charge in [-0.1, -0.05) is 26.0 Å². The third-order valence-electron chi connectivity index (χ3n) is 5.64. The molecule has 0 spiro atoms. The molecule has 0 amide bonds. The molecule has 0 aliphatic heterocycles. The highest BCUT2D eigenvalue weighted by Crippen LogP contribution is 2.34. The van der Waals surface area contributed by atoms with Crippen LogP contribution in [0, 0.1) is 13.8 Å². The molecule has 4 rings (SSSR count). The van der Waals surface area contributed by atoms with Crippen LogP contribution in [0.4, 0.5) is 13.2 Å². The van der Waals surface area contributed by atoms with Crippen LogP contribution >= 0.6 is 11.3 Å². The minimum Gasteiger partial charge on any atom is -0.487 e. The number of ether oxygens (including phenoxy) is 2. The van der Waals surface area contributed by atoms with Crippen LogP contribution < -0.4 is 9.47 Å². The second-order valence-electron chi connectivity index (χ2n) is 8.63. The maximum Gasteiger partial charge on any atom is 0.573 e. The maximum atomic E-state index is 13.0. The van der Waals surface area contributed by atoms with Crippen molar-refractivity contribution in [1.29, 1.82) is 0 Å². The fourth-order valence-corrected chi connectivity index (χ4v) is 4.89. The number of benzene rings is 2. The lowest BCUT2D eigenvalue weighted by atomic mass is 10.0. The highest BCUT2D eigenvalue weighted by molar-refractivity contribution is 7.17. The zero-order valence-electron chi connectivity index (χ0n) is 20.5. The summed E-state index contributed by atoms with van der Waals surface area (Å²) in [6.45, 7) is 7.50. The molecule has 37 heavy (non-hydrogen) atoms. The van der Waals surface area contributed by atoms with Gasteiger partial charge >= 0.3 is 12.3 Å². The Morgan fingerprint density at radius 1 is 1.16 bits per heavy atom. The molecule has 4 aromatic rings. The first-order chi connectivity index (χ1) is 17.4. The van der Waals surface area contributed by atoms with Crippen LogP contribution in [0.3, 0.4) is 0 Å². The molecule has 0 bridgehead atoms. The molecule has 0 radical (unpaired) electrons. The van der Waals surface area contributed by atoms with E-state index in [1.54, 1.807) is 25.3 Å². The van der Waals surface area contributed by atoms with E-state index in [4.69, 9.17) is 4.74 Å². The lowest BCUT2D eigenvalue weighted by Gasteiger charge is -2.17. The van der Waals surface area contributed by atoms with E-state index in [-0.39, 0.29) is 28.8 Å². The van der Waals surface area contributed by atoms with E-state index in [1.165, 1.54) is 22.9 Å². The molecule has 0 saturated heterocycles. The summed E-state index contributed by atoms with van der Waals surface area (Å²) < 4.78 is 50.6. The van der Waals surface area contributed by atoms with Crippen LogP contribution in [-0.2, 0) is 6.61 Å². The fourth-order valence-electron chi connectivity index (χ4n) is 3.89. The molecule has 0 saturated carbocycles. The summed E-state index contributed by atoms with van der Waals surface area (Å²) in [6, 6.07) is 11.2. The van der Waals surface area contributed by atoms with Crippen LogP contribution in [0.5, 0.6) is 11.5 Å². The topological polar surface area (TPSA) is 86.5 Å². The summed E-state index contributed by atoms with van der Waals surface area (Å²) in [4.78, 5) is 16.0. The molecular formula is C26H24F3N3O4S. The van der Waals surface area contributed by atoms with Gasteiger partial charge in [-0.2, -0.15) is 5.10 Å². The molecule has 0 fully saturated rings. The van der Waals surface area contributed by atoms with Gasteiger partial charge in [0.2, 0.25) is 0 Å². The molecule has 194 valence electrons. The average molecular weight is 532 g/mol. The van der Waals surface area contributed by atoms with Crippen molar-refractivity contribution in [2.24, 2.45) is 0 Å². The second kappa shape index (κ2) is 10.3. The number of thiazole rings is 1. The summed E-state index contributed by atoms with van der Waals surface area (Å²) >= 11 is 1.11. The number of para-hydroxylation sites is 2. The van der Waals surface area contributed by atoms with Gasteiger partial charge in [-0.25, -0.2) is 14.5 Å². The number of alkyl halides is 3. The molecule has 0 aliphatic rings. The molecule has 11 heteroatoms. The summed E-state index contributed by atoms with van der Waals surface area (Å²) in [6.07, 6.45) is -3.23. The van der Waals surface area contributed by atoms with E-state index in [0.29, 0.717) is 22.1 Å². The molecule has 0 unspecified atom stereocenters. The number of carboxylic acids is 1. The maximum absolute atomic E-state index is 13.0. The van der Waals surface area contributed by atoms with E-state index in [9.17, 15) is 23.1 Å². The Bertz CT molecular complexity index is 1440. The molecule has 0 aliphatic carbocycles. The third-order valence-corrected chi connectivity index (χ3v) is 6.82. The third kappa shape index (κ3) is 5.77. The summed E-state index contributed by atoms with van der Waals surface area (Å²) in [5.74, 6) is -0.799. The van der Waals surface area contributed by atoms with Gasteiger partial charge in [0.05, 0.1) is 17.6 Å². The average Bonchev–Trinajstić information content (AvgIpc) is 3.41. The van der Waals surface area contributed by atoms with Crippen molar-refractivity contribution in [2.75, 3.05) is 0 Å². The lowest BCUT2D eigenvalue weighted by molar-refractivity contribution is -0.274. The van der Waals surface area contributed by atoms with Gasteiger partial charge in [0, 0.05) is 5.56 Å². The number of aryl methyl sites for hydroxylation is 2. The predicted octanol–water partition coefficient (Wildman–Crippen LogP) is 6.91. The van der Waals surface area contributed by atoms with Crippen molar-refractivity contribution in [3.63, 3.8) is 0 Å². The molecule has 7 nitrogen and oxygen atoms in total. The molecule has 2 aromatic heterocycles. The first kappa shape index (κ1) is 26.2. The second-order valence-corrected chi connectivity index (χ2v) is 9.63. The predicted molar refractivity (Wildman–Crippen MR) is 133 cm³/mol. The van der Waals surface area contributed by atoms with Gasteiger partial charge in [0.1, 0.15) is 27.9 Å². The number of rotatable bonds is 8. The largest absolute Gasteiger partial charge is 0.573 e. The Hall–Kier alpha value is -3.86. The Labute approximate surface area is 215 Å². The van der Waals surface area contributed by atoms with Gasteiger partial charge in [-0.05, 0) is 61.2 Å². The van der Waals surface area contributed by atoms with E-state index < -0.39 is 12.3 Å². The lowest BCUT2D eigenvalue weighted by Crippen LogP contribution is -2.19. The number of hydrogen-bond donors (Lipinski definition) is 1. The highest BCUT2D eigenvalue weighted by atomic mass is 32.1. The molecule has 1 N–H and O–H groups in total. The van der Waals surface area contributed by atoms with E-state index in [1.807, 2.05) is 32.9 Å². The minimum atomic E-state index is -4.85. The van der Waals surface area contributed by atoms with Crippen LogP contribution in [0.1, 0.15) is 52.0 Å². The molecular weight excluding hydrogens is 507 g/mol. The van der Waals surface area contributed by atoms with Crippen LogP contribution in [0.2, 0.25) is 0 Å². The Balaban J connectivity index is 1.63. The van der Waals surface area contributed by atoms with E-state index >= 15 is 0 Å². The van der Waals surface area contributed by atoms with Crippen molar-refractivity contribution in [3.8, 4) is 27.8 Å². The molecule has 2 heterocycles. The number of hydrogen-bond acceptors (Lipinski definition) is 6. The van der Waals surface area contributed by atoms with Crippen molar-refractivity contribution in [1.82, 2.24) is 14.8 Å². The summed E-state index contributed by atoms with van der Waals surface area (Å²) in [7, 11) is 0. The van der Waals surface area contributed by atoms with Gasteiger partial charge in [-0.3, -0.25) is 0 Å². The zero-order valence-corrected chi connectivity index (χ0v) is 21.3. The Morgan fingerprint density at radius 3 is 2.51 bits per heavy atom. The van der Waals surface area contributed by atoms with Crippen LogP contribution in [-0.4, -0.2) is 32.2 Å². The van der Waals surface area contributed by atoms with Gasteiger partial charge < -0.3 is 14.6 Å². The van der Waals surface area contributed by atoms with Crippen LogP contribution in [0.15, 0.2) is 48.7 Å². The molecule has 2 aromatic carbocycles. The Morgan fingerprint density at radius 2 is 1.89 bits per heavy atom. The highest BCUT2D eigenvalue weighted by Gasteiger charge is 2.33. The first-order valence-corrected chi connectivity index (χ1v) is 12.1. The number of aromatic nitrogens is 3. The quantitative estimate of drug-likeness (QED) is 0.266. The smallest absolute Gasteiger partial charge is 0.487 e. The summed E-state index contributed by atoms with van der Waals surface area (Å²) in [5.41, 5.74) is 3.65. The number of aromatic carboxylic acids is 1. The molecule has 0 atom stereocenters. The number of halogens is 3.